The molecule has 0 saturated carbocycles. The second-order valence-electron chi connectivity index (χ2n) is 4.13. The molecule has 0 aliphatic carbocycles. The van der Waals surface area contributed by atoms with Gasteiger partial charge in [0.15, 0.2) is 5.78 Å². The maximum atomic E-state index is 13.5. The van der Waals surface area contributed by atoms with Gasteiger partial charge in [-0.1, -0.05) is 17.7 Å². The lowest BCUT2D eigenvalue weighted by molar-refractivity contribution is 0.104. The molecule has 0 unspecified atom stereocenters. The molecule has 0 N–H and O–H groups in total. The molecule has 0 amide bonds. The van der Waals surface area contributed by atoms with Crippen LogP contribution in [0.1, 0.15) is 21.6 Å². The Morgan fingerprint density at radius 2 is 2.21 bits per heavy atom. The predicted octanol–water partition coefficient (Wildman–Crippen LogP) is 3.42. The lowest BCUT2D eigenvalue weighted by atomic mass is 10.1. The van der Waals surface area contributed by atoms with Gasteiger partial charge in [0.25, 0.3) is 0 Å². The summed E-state index contributed by atoms with van der Waals surface area (Å²) in [4.78, 5) is 12.0. The summed E-state index contributed by atoms with van der Waals surface area (Å²) < 4.78 is 15.1. The van der Waals surface area contributed by atoms with Gasteiger partial charge in [-0.2, -0.15) is 5.10 Å². The maximum Gasteiger partial charge on any atom is 0.189 e. The number of halogens is 2. The summed E-state index contributed by atoms with van der Waals surface area (Å²) in [5.41, 5.74) is 1.34. The Hall–Kier alpha value is -1.94. The Morgan fingerprint density at radius 3 is 2.79 bits per heavy atom. The summed E-state index contributed by atoms with van der Waals surface area (Å²) in [6, 6.07) is 4.39. The minimum atomic E-state index is -0.459. The van der Waals surface area contributed by atoms with Crippen LogP contribution in [0.25, 0.3) is 6.08 Å². The summed E-state index contributed by atoms with van der Waals surface area (Å²) in [7, 11) is 1.74. The molecule has 0 bridgehead atoms. The third-order valence-electron chi connectivity index (χ3n) is 2.68. The first-order chi connectivity index (χ1) is 8.99. The van der Waals surface area contributed by atoms with Gasteiger partial charge in [-0.05, 0) is 31.2 Å². The van der Waals surface area contributed by atoms with Gasteiger partial charge in [0.1, 0.15) is 5.82 Å². The molecule has 0 atom stereocenters. The van der Waals surface area contributed by atoms with Crippen LogP contribution in [-0.2, 0) is 7.05 Å². The number of benzene rings is 1. The van der Waals surface area contributed by atoms with E-state index in [1.807, 2.05) is 0 Å². The van der Waals surface area contributed by atoms with Gasteiger partial charge < -0.3 is 0 Å². The molecular formula is C14H12ClFN2O. The van der Waals surface area contributed by atoms with Gasteiger partial charge in [-0.25, -0.2) is 4.39 Å². The van der Waals surface area contributed by atoms with Gasteiger partial charge in [0, 0.05) is 18.8 Å². The number of carbonyl (C=O) groups excluding carboxylic acids is 1. The lowest BCUT2D eigenvalue weighted by Crippen LogP contribution is -1.95. The molecule has 0 aliphatic rings. The number of carbonyl (C=O) groups is 1. The largest absolute Gasteiger partial charge is 0.289 e. The Labute approximate surface area is 115 Å². The minimum absolute atomic E-state index is 0.207. The molecule has 1 aromatic heterocycles. The third kappa shape index (κ3) is 2.90. The molecule has 1 aromatic carbocycles. The average Bonchev–Trinajstić information content (AvgIpc) is 2.67. The Bertz CT molecular complexity index is 641. The number of rotatable bonds is 3. The van der Waals surface area contributed by atoms with E-state index in [0.717, 1.165) is 0 Å². The summed E-state index contributed by atoms with van der Waals surface area (Å²) in [5, 5.41) is 4.35. The number of aromatic nitrogens is 2. The predicted molar refractivity (Wildman–Crippen MR) is 72.7 cm³/mol. The summed E-state index contributed by atoms with van der Waals surface area (Å²) in [6.45, 7) is 1.75. The van der Waals surface area contributed by atoms with E-state index in [4.69, 9.17) is 11.6 Å². The van der Waals surface area contributed by atoms with Gasteiger partial charge in [-0.3, -0.25) is 9.48 Å². The summed E-state index contributed by atoms with van der Waals surface area (Å²) in [6.07, 6.45) is 4.31. The fourth-order valence-electron chi connectivity index (χ4n) is 1.76. The summed E-state index contributed by atoms with van der Waals surface area (Å²) >= 11 is 5.88. The van der Waals surface area contributed by atoms with Crippen LogP contribution in [-0.4, -0.2) is 15.6 Å². The third-order valence-corrected chi connectivity index (χ3v) is 3.01. The molecule has 2 aromatic rings. The molecule has 0 spiro atoms. The van der Waals surface area contributed by atoms with Gasteiger partial charge in [-0.15, -0.1) is 0 Å². The molecule has 0 aliphatic heterocycles. The normalized spacial score (nSPS) is 11.2. The van der Waals surface area contributed by atoms with E-state index in [9.17, 15) is 9.18 Å². The van der Waals surface area contributed by atoms with Crippen molar-refractivity contribution in [2.24, 2.45) is 7.05 Å². The summed E-state index contributed by atoms with van der Waals surface area (Å²) in [5.74, 6) is -0.690. The first-order valence-electron chi connectivity index (χ1n) is 5.65. The van der Waals surface area contributed by atoms with E-state index < -0.39 is 5.82 Å². The molecule has 0 fully saturated rings. The number of hydrogen-bond donors (Lipinski definition) is 0. The van der Waals surface area contributed by atoms with E-state index in [-0.39, 0.29) is 16.4 Å². The number of nitrogens with zero attached hydrogens (tertiary/aromatic N) is 2. The Morgan fingerprint density at radius 1 is 1.47 bits per heavy atom. The van der Waals surface area contributed by atoms with E-state index >= 15 is 0 Å². The van der Waals surface area contributed by atoms with Crippen molar-refractivity contribution in [2.45, 2.75) is 6.92 Å². The molecule has 0 radical (unpaired) electrons. The monoisotopic (exact) mass is 278 g/mol. The van der Waals surface area contributed by atoms with E-state index in [1.165, 1.54) is 24.3 Å². The van der Waals surface area contributed by atoms with Crippen LogP contribution < -0.4 is 0 Å². The van der Waals surface area contributed by atoms with Crippen molar-refractivity contribution in [1.29, 1.82) is 0 Å². The first-order valence-corrected chi connectivity index (χ1v) is 6.03. The van der Waals surface area contributed by atoms with Crippen molar-refractivity contribution in [3.8, 4) is 0 Å². The SMILES string of the molecule is Cc1nn(C)cc1C(=O)C=Cc1c(F)cccc1Cl. The van der Waals surface area contributed by atoms with Crippen LogP contribution in [0.15, 0.2) is 30.5 Å². The van der Waals surface area contributed by atoms with Crippen molar-refractivity contribution in [1.82, 2.24) is 9.78 Å². The molecule has 3 nitrogen and oxygen atoms in total. The van der Waals surface area contributed by atoms with Gasteiger partial charge in [0.2, 0.25) is 0 Å². The zero-order valence-electron chi connectivity index (χ0n) is 10.5. The quantitative estimate of drug-likeness (QED) is 0.637. The number of aryl methyl sites for hydroxylation is 2. The van der Waals surface area contributed by atoms with Crippen LogP contribution in [0.2, 0.25) is 5.02 Å². The highest BCUT2D eigenvalue weighted by Crippen LogP contribution is 2.20. The smallest absolute Gasteiger partial charge is 0.189 e. The fraction of sp³-hybridized carbons (Fsp3) is 0.143. The molecule has 98 valence electrons. The van der Waals surface area contributed by atoms with Crippen molar-refractivity contribution >= 4 is 23.5 Å². The van der Waals surface area contributed by atoms with Gasteiger partial charge in [0.05, 0.1) is 16.3 Å². The minimum Gasteiger partial charge on any atom is -0.289 e. The maximum absolute atomic E-state index is 13.5. The Balaban J connectivity index is 2.28. The molecule has 19 heavy (non-hydrogen) atoms. The van der Waals surface area contributed by atoms with Crippen LogP contribution >= 0.6 is 11.6 Å². The average molecular weight is 279 g/mol. The highest BCUT2D eigenvalue weighted by Gasteiger charge is 2.10. The van der Waals surface area contributed by atoms with E-state index in [0.29, 0.717) is 11.3 Å². The van der Waals surface area contributed by atoms with Crippen LogP contribution in [0.3, 0.4) is 0 Å². The lowest BCUT2D eigenvalue weighted by Gasteiger charge is -1.99. The number of allylic oxidation sites excluding steroid dienone is 1. The van der Waals surface area contributed by atoms with E-state index in [2.05, 4.69) is 5.10 Å². The first kappa shape index (κ1) is 13.5. The molecule has 0 saturated heterocycles. The second kappa shape index (κ2) is 5.36. The number of hydrogen-bond acceptors (Lipinski definition) is 2. The zero-order chi connectivity index (χ0) is 14.0. The van der Waals surface area contributed by atoms with Crippen molar-refractivity contribution in [2.75, 3.05) is 0 Å². The highest BCUT2D eigenvalue weighted by molar-refractivity contribution is 6.32. The fourth-order valence-corrected chi connectivity index (χ4v) is 1.99. The van der Waals surface area contributed by atoms with Crippen molar-refractivity contribution in [3.63, 3.8) is 0 Å². The topological polar surface area (TPSA) is 34.9 Å². The van der Waals surface area contributed by atoms with E-state index in [1.54, 1.807) is 30.9 Å². The van der Waals surface area contributed by atoms with Crippen molar-refractivity contribution < 1.29 is 9.18 Å². The molecule has 5 heteroatoms. The molecule has 1 heterocycles. The zero-order valence-corrected chi connectivity index (χ0v) is 11.3. The second-order valence-corrected chi connectivity index (χ2v) is 4.54. The molecular weight excluding hydrogens is 267 g/mol. The Kier molecular flexibility index (Phi) is 3.81. The standard InChI is InChI=1S/C14H12ClFN2O/c1-9-11(8-18(2)17-9)14(19)7-6-10-12(15)4-3-5-13(10)16/h3-8H,1-2H3. The van der Waals surface area contributed by atoms with Crippen LogP contribution in [0.4, 0.5) is 4.39 Å². The van der Waals surface area contributed by atoms with Crippen molar-refractivity contribution in [3.05, 3.63) is 58.1 Å². The van der Waals surface area contributed by atoms with Gasteiger partial charge >= 0.3 is 0 Å². The molecule has 2 rings (SSSR count). The highest BCUT2D eigenvalue weighted by atomic mass is 35.5. The van der Waals surface area contributed by atoms with Crippen LogP contribution in [0, 0.1) is 12.7 Å². The van der Waals surface area contributed by atoms with Crippen LogP contribution in [0.5, 0.6) is 0 Å². The number of ketones is 1.